The molecular formula is C11H14ClF3N2O. The van der Waals surface area contributed by atoms with Gasteiger partial charge in [-0.1, -0.05) is 12.1 Å². The normalized spacial score (nSPS) is 10.7. The minimum atomic E-state index is -4.36. The van der Waals surface area contributed by atoms with Crippen LogP contribution < -0.4 is 11.1 Å². The number of benzene rings is 1. The standard InChI is InChI=1S/C11H13F3N2O.ClH/c12-11(13,14)9-3-1-2-8(6-9)7-16-10(17)4-5-15;/h1-3,6H,4-5,7,15H2,(H,16,17);1H. The highest BCUT2D eigenvalue weighted by Crippen LogP contribution is 2.29. The van der Waals surface area contributed by atoms with Crippen LogP contribution in [0.15, 0.2) is 24.3 Å². The third kappa shape index (κ3) is 5.37. The first kappa shape index (κ1) is 16.7. The molecule has 1 rings (SSSR count). The van der Waals surface area contributed by atoms with Crippen LogP contribution in [0.25, 0.3) is 0 Å². The van der Waals surface area contributed by atoms with Gasteiger partial charge in [0.1, 0.15) is 0 Å². The molecule has 0 unspecified atom stereocenters. The van der Waals surface area contributed by atoms with Gasteiger partial charge in [-0.2, -0.15) is 13.2 Å². The Hall–Kier alpha value is -1.27. The molecule has 0 aliphatic rings. The van der Waals surface area contributed by atoms with E-state index in [1.807, 2.05) is 0 Å². The SMILES string of the molecule is Cl.NCCC(=O)NCc1cccc(C(F)(F)F)c1. The smallest absolute Gasteiger partial charge is 0.352 e. The lowest BCUT2D eigenvalue weighted by Gasteiger charge is -2.09. The number of nitrogens with two attached hydrogens (primary N) is 1. The summed E-state index contributed by atoms with van der Waals surface area (Å²) in [6.07, 6.45) is -4.20. The van der Waals surface area contributed by atoms with Crippen molar-refractivity contribution in [3.63, 3.8) is 0 Å². The molecule has 18 heavy (non-hydrogen) atoms. The summed E-state index contributed by atoms with van der Waals surface area (Å²) in [6, 6.07) is 4.85. The fourth-order valence-electron chi connectivity index (χ4n) is 1.28. The molecule has 0 atom stereocenters. The van der Waals surface area contributed by atoms with E-state index in [0.717, 1.165) is 12.1 Å². The first-order valence-corrected chi connectivity index (χ1v) is 5.06. The molecule has 0 heterocycles. The molecule has 1 amide bonds. The van der Waals surface area contributed by atoms with E-state index in [1.54, 1.807) is 0 Å². The molecule has 0 spiro atoms. The Morgan fingerprint density at radius 3 is 2.56 bits per heavy atom. The molecule has 0 aromatic heterocycles. The fraction of sp³-hybridized carbons (Fsp3) is 0.364. The molecule has 102 valence electrons. The molecule has 1 aromatic carbocycles. The Kier molecular flexibility index (Phi) is 6.72. The third-order valence-electron chi connectivity index (χ3n) is 2.12. The van der Waals surface area contributed by atoms with Gasteiger partial charge in [0.05, 0.1) is 5.56 Å². The number of rotatable bonds is 4. The zero-order valence-corrected chi connectivity index (χ0v) is 10.3. The lowest BCUT2D eigenvalue weighted by Crippen LogP contribution is -2.25. The predicted octanol–water partition coefficient (Wildman–Crippen LogP) is 2.09. The number of amides is 1. The Morgan fingerprint density at radius 2 is 2.00 bits per heavy atom. The highest BCUT2D eigenvalue weighted by atomic mass is 35.5. The monoisotopic (exact) mass is 282 g/mol. The minimum Gasteiger partial charge on any atom is -0.352 e. The van der Waals surface area contributed by atoms with Gasteiger partial charge in [-0.05, 0) is 17.7 Å². The molecule has 3 N–H and O–H groups in total. The first-order valence-electron chi connectivity index (χ1n) is 5.06. The summed E-state index contributed by atoms with van der Waals surface area (Å²) in [5, 5.41) is 2.49. The Labute approximate surface area is 109 Å². The van der Waals surface area contributed by atoms with Crippen LogP contribution in [0.2, 0.25) is 0 Å². The number of carbonyl (C=O) groups excluding carboxylic acids is 1. The van der Waals surface area contributed by atoms with Crippen LogP contribution >= 0.6 is 12.4 Å². The molecular weight excluding hydrogens is 269 g/mol. The van der Waals surface area contributed by atoms with E-state index in [0.29, 0.717) is 5.56 Å². The van der Waals surface area contributed by atoms with Crippen molar-refractivity contribution in [2.24, 2.45) is 5.73 Å². The van der Waals surface area contributed by atoms with E-state index < -0.39 is 11.7 Å². The summed E-state index contributed by atoms with van der Waals surface area (Å²) in [6.45, 7) is 0.289. The average Bonchev–Trinajstić information content (AvgIpc) is 2.26. The Bertz CT molecular complexity index is 396. The predicted molar refractivity (Wildman–Crippen MR) is 64.2 cm³/mol. The van der Waals surface area contributed by atoms with Gasteiger partial charge in [-0.3, -0.25) is 4.79 Å². The van der Waals surface area contributed by atoms with Crippen molar-refractivity contribution >= 4 is 18.3 Å². The van der Waals surface area contributed by atoms with Crippen molar-refractivity contribution < 1.29 is 18.0 Å². The molecule has 0 aliphatic carbocycles. The molecule has 0 saturated carbocycles. The largest absolute Gasteiger partial charge is 0.416 e. The van der Waals surface area contributed by atoms with Gasteiger partial charge in [0.25, 0.3) is 0 Å². The lowest BCUT2D eigenvalue weighted by molar-refractivity contribution is -0.137. The van der Waals surface area contributed by atoms with Crippen molar-refractivity contribution in [3.8, 4) is 0 Å². The van der Waals surface area contributed by atoms with Crippen LogP contribution in [-0.2, 0) is 17.5 Å². The van der Waals surface area contributed by atoms with Crippen molar-refractivity contribution in [2.45, 2.75) is 19.1 Å². The number of hydrogen-bond donors (Lipinski definition) is 2. The Morgan fingerprint density at radius 1 is 1.33 bits per heavy atom. The maximum atomic E-state index is 12.4. The summed E-state index contributed by atoms with van der Waals surface area (Å²) < 4.78 is 37.2. The second-order valence-electron chi connectivity index (χ2n) is 3.51. The van der Waals surface area contributed by atoms with Gasteiger partial charge in [0.2, 0.25) is 5.91 Å². The zero-order chi connectivity index (χ0) is 12.9. The van der Waals surface area contributed by atoms with Crippen LogP contribution in [0.4, 0.5) is 13.2 Å². The van der Waals surface area contributed by atoms with Crippen molar-refractivity contribution in [3.05, 3.63) is 35.4 Å². The minimum absolute atomic E-state index is 0. The number of nitrogens with one attached hydrogen (secondary N) is 1. The van der Waals surface area contributed by atoms with Crippen molar-refractivity contribution in [1.82, 2.24) is 5.32 Å². The fourth-order valence-corrected chi connectivity index (χ4v) is 1.28. The number of carbonyl (C=O) groups is 1. The maximum absolute atomic E-state index is 12.4. The number of hydrogen-bond acceptors (Lipinski definition) is 2. The third-order valence-corrected chi connectivity index (χ3v) is 2.12. The van der Waals surface area contributed by atoms with Gasteiger partial charge < -0.3 is 11.1 Å². The van der Waals surface area contributed by atoms with E-state index in [2.05, 4.69) is 5.32 Å². The van der Waals surface area contributed by atoms with Gasteiger partial charge in [-0.25, -0.2) is 0 Å². The molecule has 0 fully saturated rings. The van der Waals surface area contributed by atoms with Gasteiger partial charge >= 0.3 is 6.18 Å². The van der Waals surface area contributed by atoms with E-state index in [9.17, 15) is 18.0 Å². The van der Waals surface area contributed by atoms with E-state index in [4.69, 9.17) is 5.73 Å². The van der Waals surface area contributed by atoms with E-state index >= 15 is 0 Å². The van der Waals surface area contributed by atoms with E-state index in [1.165, 1.54) is 12.1 Å². The highest BCUT2D eigenvalue weighted by Gasteiger charge is 2.30. The molecule has 0 aliphatic heterocycles. The molecule has 0 radical (unpaired) electrons. The van der Waals surface area contributed by atoms with Crippen molar-refractivity contribution in [2.75, 3.05) is 6.54 Å². The zero-order valence-electron chi connectivity index (χ0n) is 9.46. The van der Waals surface area contributed by atoms with Crippen LogP contribution in [0, 0.1) is 0 Å². The second-order valence-corrected chi connectivity index (χ2v) is 3.51. The summed E-state index contributed by atoms with van der Waals surface area (Å²) in [7, 11) is 0. The highest BCUT2D eigenvalue weighted by molar-refractivity contribution is 5.85. The molecule has 0 saturated heterocycles. The summed E-state index contributed by atoms with van der Waals surface area (Å²) >= 11 is 0. The molecule has 0 bridgehead atoms. The molecule has 3 nitrogen and oxygen atoms in total. The Balaban J connectivity index is 0.00000289. The number of alkyl halides is 3. The quantitative estimate of drug-likeness (QED) is 0.888. The second kappa shape index (κ2) is 7.23. The number of halogens is 4. The van der Waals surface area contributed by atoms with Crippen LogP contribution in [0.5, 0.6) is 0 Å². The topological polar surface area (TPSA) is 55.1 Å². The van der Waals surface area contributed by atoms with E-state index in [-0.39, 0.29) is 37.8 Å². The van der Waals surface area contributed by atoms with Gasteiger partial charge in [0, 0.05) is 19.5 Å². The average molecular weight is 283 g/mol. The molecule has 7 heteroatoms. The van der Waals surface area contributed by atoms with Crippen LogP contribution in [-0.4, -0.2) is 12.5 Å². The first-order chi connectivity index (χ1) is 7.93. The lowest BCUT2D eigenvalue weighted by atomic mass is 10.1. The van der Waals surface area contributed by atoms with Crippen LogP contribution in [0.1, 0.15) is 17.5 Å². The van der Waals surface area contributed by atoms with Gasteiger partial charge in [-0.15, -0.1) is 12.4 Å². The van der Waals surface area contributed by atoms with Crippen LogP contribution in [0.3, 0.4) is 0 Å². The molecule has 1 aromatic rings. The van der Waals surface area contributed by atoms with Gasteiger partial charge in [0.15, 0.2) is 0 Å². The summed E-state index contributed by atoms with van der Waals surface area (Å²) in [4.78, 5) is 11.1. The maximum Gasteiger partial charge on any atom is 0.416 e. The van der Waals surface area contributed by atoms with Crippen molar-refractivity contribution in [1.29, 1.82) is 0 Å². The summed E-state index contributed by atoms with van der Waals surface area (Å²) in [5.74, 6) is -0.273. The summed E-state index contributed by atoms with van der Waals surface area (Å²) in [5.41, 5.74) is 4.86.